The van der Waals surface area contributed by atoms with Gasteiger partial charge in [-0.1, -0.05) is 24.3 Å². The first-order chi connectivity index (χ1) is 14.9. The molecule has 2 aromatic carbocycles. The van der Waals surface area contributed by atoms with Gasteiger partial charge in [0.05, 0.1) is 24.9 Å². The molecule has 3 amide bonds. The second-order valence-electron chi connectivity index (χ2n) is 6.17. The molecule has 0 heterocycles. The summed E-state index contributed by atoms with van der Waals surface area (Å²) in [5.41, 5.74) is 1.13. The van der Waals surface area contributed by atoms with Crippen LogP contribution in [0.25, 0.3) is 6.08 Å². The number of benzene rings is 2. The van der Waals surface area contributed by atoms with E-state index in [1.165, 1.54) is 19.2 Å². The Kier molecular flexibility index (Phi) is 8.78. The zero-order chi connectivity index (χ0) is 22.6. The van der Waals surface area contributed by atoms with Gasteiger partial charge in [0.1, 0.15) is 5.75 Å². The van der Waals surface area contributed by atoms with Crippen LogP contribution in [0.1, 0.15) is 15.9 Å². The van der Waals surface area contributed by atoms with Gasteiger partial charge in [-0.2, -0.15) is 0 Å². The topological polar surface area (TPSA) is 123 Å². The van der Waals surface area contributed by atoms with Crippen LogP contribution in [0.4, 0.5) is 5.69 Å². The molecule has 2 rings (SSSR count). The first-order valence-corrected chi connectivity index (χ1v) is 9.29. The summed E-state index contributed by atoms with van der Waals surface area (Å²) in [6.45, 7) is -0.782. The predicted octanol–water partition coefficient (Wildman–Crippen LogP) is 1.37. The van der Waals surface area contributed by atoms with Crippen LogP contribution >= 0.6 is 0 Å². The average molecular weight is 425 g/mol. The highest BCUT2D eigenvalue weighted by Gasteiger charge is 2.15. The highest BCUT2D eigenvalue weighted by molar-refractivity contribution is 6.06. The third-order valence-corrected chi connectivity index (χ3v) is 4.01. The van der Waals surface area contributed by atoms with Gasteiger partial charge in [-0.05, 0) is 35.9 Å². The summed E-state index contributed by atoms with van der Waals surface area (Å²) in [5, 5.41) is 7.28. The second-order valence-corrected chi connectivity index (χ2v) is 6.17. The van der Waals surface area contributed by atoms with E-state index in [0.717, 1.165) is 5.56 Å². The Balaban J connectivity index is 1.94. The van der Waals surface area contributed by atoms with E-state index in [0.29, 0.717) is 5.75 Å². The van der Waals surface area contributed by atoms with Crippen molar-refractivity contribution in [3.05, 3.63) is 65.7 Å². The van der Waals surface area contributed by atoms with Gasteiger partial charge >= 0.3 is 5.97 Å². The molecule has 9 nitrogen and oxygen atoms in total. The Hall–Kier alpha value is -4.14. The molecule has 0 aliphatic heterocycles. The summed E-state index contributed by atoms with van der Waals surface area (Å²) in [5.74, 6) is -1.53. The fraction of sp³-hybridized carbons (Fsp3) is 0.182. The maximum Gasteiger partial charge on any atom is 0.340 e. The second kappa shape index (κ2) is 11.8. The van der Waals surface area contributed by atoms with Gasteiger partial charge in [-0.3, -0.25) is 14.4 Å². The third kappa shape index (κ3) is 7.65. The van der Waals surface area contributed by atoms with E-state index in [-0.39, 0.29) is 23.7 Å². The average Bonchev–Trinajstić information content (AvgIpc) is 2.80. The van der Waals surface area contributed by atoms with Crippen molar-refractivity contribution in [2.24, 2.45) is 0 Å². The largest absolute Gasteiger partial charge is 0.497 e. The normalized spacial score (nSPS) is 10.3. The number of ether oxygens (including phenoxy) is 2. The molecule has 0 spiro atoms. The molecule has 0 unspecified atom stereocenters. The van der Waals surface area contributed by atoms with E-state index in [4.69, 9.17) is 9.47 Å². The lowest BCUT2D eigenvalue weighted by atomic mass is 10.1. The summed E-state index contributed by atoms with van der Waals surface area (Å²) < 4.78 is 10.0. The van der Waals surface area contributed by atoms with E-state index < -0.39 is 24.4 Å². The number of likely N-dealkylation sites (N-methyl/N-ethyl adjacent to an activating group) is 1. The third-order valence-electron chi connectivity index (χ3n) is 4.01. The number of esters is 1. The highest BCUT2D eigenvalue weighted by atomic mass is 16.5. The Morgan fingerprint density at radius 1 is 0.968 bits per heavy atom. The maximum atomic E-state index is 12.3. The minimum absolute atomic E-state index is 0.0906. The number of carbonyl (C=O) groups excluding carboxylic acids is 4. The van der Waals surface area contributed by atoms with Gasteiger partial charge in [-0.15, -0.1) is 0 Å². The van der Waals surface area contributed by atoms with Crippen molar-refractivity contribution in [3.8, 4) is 5.75 Å². The summed E-state index contributed by atoms with van der Waals surface area (Å²) in [6.07, 6.45) is 2.95. The van der Waals surface area contributed by atoms with E-state index in [1.807, 2.05) is 0 Å². The Morgan fingerprint density at radius 2 is 1.68 bits per heavy atom. The van der Waals surface area contributed by atoms with Crippen LogP contribution in [0.15, 0.2) is 54.6 Å². The smallest absolute Gasteiger partial charge is 0.340 e. The summed E-state index contributed by atoms with van der Waals surface area (Å²) in [4.78, 5) is 47.4. The Morgan fingerprint density at radius 3 is 2.35 bits per heavy atom. The number of nitrogens with one attached hydrogen (secondary N) is 3. The highest BCUT2D eigenvalue weighted by Crippen LogP contribution is 2.17. The molecular weight excluding hydrogens is 402 g/mol. The summed E-state index contributed by atoms with van der Waals surface area (Å²) in [6, 6.07) is 13.4. The molecule has 0 saturated carbocycles. The Bertz CT molecular complexity index is 969. The SMILES string of the molecule is CNC(=O)CNC(=O)COC(=O)c1ccccc1NC(=O)C=Cc1ccc(OC)cc1. The van der Waals surface area contributed by atoms with Crippen molar-refractivity contribution in [1.29, 1.82) is 0 Å². The van der Waals surface area contributed by atoms with Crippen molar-refractivity contribution in [2.75, 3.05) is 32.6 Å². The summed E-state index contributed by atoms with van der Waals surface area (Å²) in [7, 11) is 3.00. The molecule has 0 aromatic heterocycles. The van der Waals surface area contributed by atoms with Gasteiger partial charge in [0.2, 0.25) is 11.8 Å². The minimum atomic E-state index is -0.787. The minimum Gasteiger partial charge on any atom is -0.497 e. The number of hydrogen-bond donors (Lipinski definition) is 3. The van der Waals surface area contributed by atoms with Crippen LogP contribution < -0.4 is 20.7 Å². The van der Waals surface area contributed by atoms with E-state index in [2.05, 4.69) is 16.0 Å². The molecule has 0 saturated heterocycles. The van der Waals surface area contributed by atoms with Crippen molar-refractivity contribution >= 4 is 35.5 Å². The lowest BCUT2D eigenvalue weighted by molar-refractivity contribution is -0.127. The molecular formula is C22H23N3O6. The predicted molar refractivity (Wildman–Crippen MR) is 114 cm³/mol. The molecule has 31 heavy (non-hydrogen) atoms. The molecule has 3 N–H and O–H groups in total. The molecule has 0 aliphatic carbocycles. The fourth-order valence-corrected chi connectivity index (χ4v) is 2.36. The van der Waals surface area contributed by atoms with Crippen LogP contribution in [-0.2, 0) is 19.1 Å². The Labute approximate surface area is 179 Å². The van der Waals surface area contributed by atoms with Gasteiger partial charge in [0, 0.05) is 13.1 Å². The zero-order valence-corrected chi connectivity index (χ0v) is 17.1. The van der Waals surface area contributed by atoms with Crippen molar-refractivity contribution < 1.29 is 28.7 Å². The van der Waals surface area contributed by atoms with Gasteiger partial charge < -0.3 is 25.4 Å². The van der Waals surface area contributed by atoms with Gasteiger partial charge in [0.25, 0.3) is 5.91 Å². The van der Waals surface area contributed by atoms with Crippen molar-refractivity contribution in [3.63, 3.8) is 0 Å². The van der Waals surface area contributed by atoms with Crippen LogP contribution in [-0.4, -0.2) is 51.0 Å². The van der Waals surface area contributed by atoms with E-state index in [9.17, 15) is 19.2 Å². The van der Waals surface area contributed by atoms with Crippen molar-refractivity contribution in [1.82, 2.24) is 10.6 Å². The first kappa shape index (κ1) is 23.1. The number of para-hydroxylation sites is 1. The van der Waals surface area contributed by atoms with Crippen LogP contribution in [0, 0.1) is 0 Å². The molecule has 2 aromatic rings. The molecule has 9 heteroatoms. The molecule has 0 atom stereocenters. The number of rotatable bonds is 9. The van der Waals surface area contributed by atoms with Crippen LogP contribution in [0.2, 0.25) is 0 Å². The van der Waals surface area contributed by atoms with Crippen molar-refractivity contribution in [2.45, 2.75) is 0 Å². The molecule has 0 radical (unpaired) electrons. The number of carbonyl (C=O) groups is 4. The number of anilines is 1. The molecule has 162 valence electrons. The van der Waals surface area contributed by atoms with Crippen LogP contribution in [0.3, 0.4) is 0 Å². The lowest BCUT2D eigenvalue weighted by Gasteiger charge is -2.10. The number of amides is 3. The lowest BCUT2D eigenvalue weighted by Crippen LogP contribution is -2.37. The molecule has 0 fully saturated rings. The van der Waals surface area contributed by atoms with E-state index >= 15 is 0 Å². The number of methoxy groups -OCH3 is 1. The quantitative estimate of drug-likeness (QED) is 0.412. The molecule has 0 aliphatic rings. The van der Waals surface area contributed by atoms with Gasteiger partial charge in [-0.25, -0.2) is 4.79 Å². The molecule has 0 bridgehead atoms. The first-order valence-electron chi connectivity index (χ1n) is 9.29. The van der Waals surface area contributed by atoms with Gasteiger partial charge in [0.15, 0.2) is 6.61 Å². The van der Waals surface area contributed by atoms with E-state index in [1.54, 1.807) is 55.7 Å². The monoisotopic (exact) mass is 425 g/mol. The summed E-state index contributed by atoms with van der Waals surface area (Å²) >= 11 is 0. The fourth-order valence-electron chi connectivity index (χ4n) is 2.36. The standard InChI is InChI=1S/C22H23N3O6/c1-23-20(27)13-24-21(28)14-31-22(29)17-5-3-4-6-18(17)25-19(26)12-9-15-7-10-16(30-2)11-8-15/h3-12H,13-14H2,1-2H3,(H,23,27)(H,24,28)(H,25,26). The maximum absolute atomic E-state index is 12.3. The number of hydrogen-bond acceptors (Lipinski definition) is 6. The zero-order valence-electron chi connectivity index (χ0n) is 17.1. The van der Waals surface area contributed by atoms with Crippen LogP contribution in [0.5, 0.6) is 5.75 Å².